The summed E-state index contributed by atoms with van der Waals surface area (Å²) in [5, 5.41) is 14.5. The third kappa shape index (κ3) is 5.83. The molecular formula is C25H20F3N3O3S. The number of carbonyl (C=O) groups excluding carboxylic acids is 1. The molecule has 0 unspecified atom stereocenters. The summed E-state index contributed by atoms with van der Waals surface area (Å²) in [5.41, 5.74) is 1.10. The number of benzene rings is 3. The Labute approximate surface area is 202 Å². The number of fused-ring (bicyclic) bond motifs is 1. The van der Waals surface area contributed by atoms with Crippen LogP contribution in [0.1, 0.15) is 21.5 Å². The molecule has 1 aromatic heterocycles. The van der Waals surface area contributed by atoms with Crippen LogP contribution in [-0.4, -0.2) is 21.9 Å². The molecule has 35 heavy (non-hydrogen) atoms. The van der Waals surface area contributed by atoms with E-state index in [4.69, 9.17) is 0 Å². The quantitative estimate of drug-likeness (QED) is 0.176. The Hall–Kier alpha value is -3.79. The Kier molecular flexibility index (Phi) is 7.11. The number of hydrogen-bond donors (Lipinski definition) is 1. The van der Waals surface area contributed by atoms with Crippen LogP contribution in [-0.2, 0) is 18.5 Å². The van der Waals surface area contributed by atoms with Crippen LogP contribution >= 0.6 is 11.8 Å². The molecule has 0 aliphatic carbocycles. The van der Waals surface area contributed by atoms with E-state index in [1.165, 1.54) is 48.2 Å². The number of nitrogens with zero attached hydrogens (tertiary/aromatic N) is 2. The maximum atomic E-state index is 13.0. The van der Waals surface area contributed by atoms with Crippen molar-refractivity contribution in [3.05, 3.63) is 106 Å². The number of rotatable bonds is 8. The molecule has 0 bridgehead atoms. The molecule has 0 aliphatic rings. The Morgan fingerprint density at radius 2 is 1.77 bits per heavy atom. The molecule has 0 saturated heterocycles. The van der Waals surface area contributed by atoms with Crippen molar-refractivity contribution in [2.75, 3.05) is 6.54 Å². The number of nitrogens with one attached hydrogen (secondary N) is 1. The average Bonchev–Trinajstić information content (AvgIpc) is 3.20. The maximum absolute atomic E-state index is 13.0. The molecule has 1 N–H and O–H groups in total. The first-order chi connectivity index (χ1) is 16.7. The maximum Gasteiger partial charge on any atom is 0.416 e. The number of hydrogen-bond acceptors (Lipinski definition) is 4. The van der Waals surface area contributed by atoms with Gasteiger partial charge in [-0.15, -0.1) is 11.8 Å². The standard InChI is InChI=1S/C25H20F3N3O3S/c26-25(27,28)19-5-3-4-17(14-19)16-35-23-15-30(22-7-2-1-6-21(22)23)13-12-29-24(32)18-8-10-20(11-9-18)31(33)34/h1-11,14-15H,12-13,16H2,(H,29,32). The van der Waals surface area contributed by atoms with Crippen LogP contribution in [0, 0.1) is 10.1 Å². The van der Waals surface area contributed by atoms with Crippen LogP contribution < -0.4 is 5.32 Å². The van der Waals surface area contributed by atoms with E-state index in [2.05, 4.69) is 5.32 Å². The predicted molar refractivity (Wildman–Crippen MR) is 128 cm³/mol. The number of para-hydroxylation sites is 1. The summed E-state index contributed by atoms with van der Waals surface area (Å²) in [6, 6.07) is 18.4. The number of halogens is 3. The molecule has 1 amide bonds. The first-order valence-electron chi connectivity index (χ1n) is 10.6. The molecule has 6 nitrogen and oxygen atoms in total. The first kappa shape index (κ1) is 24.3. The Bertz CT molecular complexity index is 1370. The second-order valence-electron chi connectivity index (χ2n) is 7.75. The summed E-state index contributed by atoms with van der Waals surface area (Å²) < 4.78 is 41.0. The zero-order valence-corrected chi connectivity index (χ0v) is 19.1. The van der Waals surface area contributed by atoms with Gasteiger partial charge in [-0.3, -0.25) is 14.9 Å². The largest absolute Gasteiger partial charge is 0.416 e. The van der Waals surface area contributed by atoms with Crippen molar-refractivity contribution >= 4 is 34.3 Å². The third-order valence-corrected chi connectivity index (χ3v) is 6.49. The fourth-order valence-electron chi connectivity index (χ4n) is 3.64. The van der Waals surface area contributed by atoms with Crippen LogP contribution in [0.3, 0.4) is 0 Å². The van der Waals surface area contributed by atoms with Crippen LogP contribution in [0.25, 0.3) is 10.9 Å². The molecule has 1 heterocycles. The first-order valence-corrected chi connectivity index (χ1v) is 11.6. The van der Waals surface area contributed by atoms with Crippen LogP contribution in [0.2, 0.25) is 0 Å². The minimum absolute atomic E-state index is 0.0875. The van der Waals surface area contributed by atoms with E-state index in [0.717, 1.165) is 21.9 Å². The van der Waals surface area contributed by atoms with Crippen LogP contribution in [0.15, 0.2) is 83.9 Å². The molecule has 0 spiro atoms. The number of nitro benzene ring substituents is 1. The van der Waals surface area contributed by atoms with Crippen molar-refractivity contribution < 1.29 is 22.9 Å². The van der Waals surface area contributed by atoms with Gasteiger partial charge in [0.05, 0.1) is 10.5 Å². The van der Waals surface area contributed by atoms with Crippen molar-refractivity contribution in [3.8, 4) is 0 Å². The van der Waals surface area contributed by atoms with Crippen molar-refractivity contribution in [2.24, 2.45) is 0 Å². The highest BCUT2D eigenvalue weighted by Gasteiger charge is 2.30. The zero-order chi connectivity index (χ0) is 25.0. The summed E-state index contributed by atoms with van der Waals surface area (Å²) in [4.78, 5) is 23.5. The number of thioether (sulfide) groups is 1. The predicted octanol–water partition coefficient (Wildman–Crippen LogP) is 6.29. The fourth-order valence-corrected chi connectivity index (χ4v) is 4.67. The zero-order valence-electron chi connectivity index (χ0n) is 18.3. The Balaban J connectivity index is 1.42. The average molecular weight is 500 g/mol. The molecular weight excluding hydrogens is 479 g/mol. The highest BCUT2D eigenvalue weighted by molar-refractivity contribution is 7.98. The van der Waals surface area contributed by atoms with Gasteiger partial charge in [0.2, 0.25) is 0 Å². The van der Waals surface area contributed by atoms with Crippen molar-refractivity contribution in [1.29, 1.82) is 0 Å². The van der Waals surface area contributed by atoms with E-state index >= 15 is 0 Å². The number of nitro groups is 1. The van der Waals surface area contributed by atoms with Crippen molar-refractivity contribution in [3.63, 3.8) is 0 Å². The summed E-state index contributed by atoms with van der Waals surface area (Å²) >= 11 is 1.45. The van der Waals surface area contributed by atoms with E-state index in [1.54, 1.807) is 6.07 Å². The summed E-state index contributed by atoms with van der Waals surface area (Å²) in [6.07, 6.45) is -2.45. The van der Waals surface area contributed by atoms with Gasteiger partial charge < -0.3 is 9.88 Å². The van der Waals surface area contributed by atoms with Crippen molar-refractivity contribution in [1.82, 2.24) is 9.88 Å². The van der Waals surface area contributed by atoms with Gasteiger partial charge in [-0.05, 0) is 29.8 Å². The van der Waals surface area contributed by atoms with Crippen LogP contribution in [0.5, 0.6) is 0 Å². The lowest BCUT2D eigenvalue weighted by Gasteiger charge is -2.08. The van der Waals surface area contributed by atoms with Crippen LogP contribution in [0.4, 0.5) is 18.9 Å². The number of carbonyl (C=O) groups is 1. The molecule has 0 aliphatic heterocycles. The van der Waals surface area contributed by atoms with Gasteiger partial charge in [-0.2, -0.15) is 13.2 Å². The number of amides is 1. The minimum atomic E-state index is -4.38. The lowest BCUT2D eigenvalue weighted by molar-refractivity contribution is -0.384. The highest BCUT2D eigenvalue weighted by atomic mass is 32.2. The molecule has 3 aromatic carbocycles. The lowest BCUT2D eigenvalue weighted by atomic mass is 10.1. The number of alkyl halides is 3. The van der Waals surface area contributed by atoms with Gasteiger partial charge >= 0.3 is 6.18 Å². The molecule has 0 fully saturated rings. The number of non-ortho nitro benzene ring substituents is 1. The summed E-state index contributed by atoms with van der Waals surface area (Å²) in [6.45, 7) is 0.801. The Morgan fingerprint density at radius 3 is 2.49 bits per heavy atom. The highest BCUT2D eigenvalue weighted by Crippen LogP contribution is 2.34. The van der Waals surface area contributed by atoms with E-state index in [0.29, 0.717) is 30.0 Å². The fraction of sp³-hybridized carbons (Fsp3) is 0.160. The normalized spacial score (nSPS) is 11.5. The molecule has 10 heteroatoms. The van der Waals surface area contributed by atoms with E-state index in [-0.39, 0.29) is 11.6 Å². The summed E-state index contributed by atoms with van der Waals surface area (Å²) in [7, 11) is 0. The van der Waals surface area contributed by atoms with E-state index in [1.807, 2.05) is 35.0 Å². The topological polar surface area (TPSA) is 77.2 Å². The molecule has 180 valence electrons. The van der Waals surface area contributed by atoms with Gasteiger partial charge in [0.15, 0.2) is 0 Å². The second kappa shape index (κ2) is 10.2. The van der Waals surface area contributed by atoms with E-state index in [9.17, 15) is 28.1 Å². The Morgan fingerprint density at radius 1 is 1.03 bits per heavy atom. The van der Waals surface area contributed by atoms with Gasteiger partial charge in [0, 0.05) is 58.5 Å². The second-order valence-corrected chi connectivity index (χ2v) is 8.77. The van der Waals surface area contributed by atoms with Gasteiger partial charge in [0.1, 0.15) is 0 Å². The summed E-state index contributed by atoms with van der Waals surface area (Å²) in [5.74, 6) is 0.0462. The third-order valence-electron chi connectivity index (χ3n) is 5.38. The molecule has 0 atom stereocenters. The molecule has 0 saturated carbocycles. The smallest absolute Gasteiger partial charge is 0.350 e. The lowest BCUT2D eigenvalue weighted by Crippen LogP contribution is -2.27. The van der Waals surface area contributed by atoms with Gasteiger partial charge in [-0.25, -0.2) is 0 Å². The monoisotopic (exact) mass is 499 g/mol. The number of aromatic nitrogens is 1. The molecule has 4 aromatic rings. The van der Waals surface area contributed by atoms with Gasteiger partial charge in [-0.1, -0.05) is 36.4 Å². The molecule has 4 rings (SSSR count). The SMILES string of the molecule is O=C(NCCn1cc(SCc2cccc(C(F)(F)F)c2)c2ccccc21)c1ccc([N+](=O)[O-])cc1. The van der Waals surface area contributed by atoms with E-state index < -0.39 is 16.7 Å². The van der Waals surface area contributed by atoms with Gasteiger partial charge in [0.25, 0.3) is 11.6 Å². The molecule has 0 radical (unpaired) electrons. The van der Waals surface area contributed by atoms with Crippen molar-refractivity contribution in [2.45, 2.75) is 23.4 Å². The minimum Gasteiger partial charge on any atom is -0.350 e.